The van der Waals surface area contributed by atoms with Crippen LogP contribution in [0.15, 0.2) is 42.5 Å². The number of methoxy groups -OCH3 is 1. The Morgan fingerprint density at radius 2 is 1.68 bits per heavy atom. The lowest BCUT2D eigenvalue weighted by molar-refractivity contribution is -0.192. The molecule has 4 aliphatic heterocycles. The van der Waals surface area contributed by atoms with Crippen molar-refractivity contribution >= 4 is 23.8 Å². The maximum Gasteiger partial charge on any atom is 0.490 e. The minimum absolute atomic E-state index is 0.194. The third-order valence-corrected chi connectivity index (χ3v) is 8.16. The molecule has 218 valence electrons. The molecule has 4 atom stereocenters. The van der Waals surface area contributed by atoms with Gasteiger partial charge in [0.15, 0.2) is 11.5 Å². The molecule has 0 saturated carbocycles. The largest absolute Gasteiger partial charge is 0.490 e. The first-order valence-corrected chi connectivity index (χ1v) is 13.0. The highest BCUT2D eigenvalue weighted by Gasteiger charge is 2.73. The molecule has 0 radical (unpaired) electrons. The molecule has 2 aromatic rings. The molecule has 1 N–H and O–H groups in total. The van der Waals surface area contributed by atoms with Gasteiger partial charge in [-0.05, 0) is 55.1 Å². The lowest BCUT2D eigenvalue weighted by Crippen LogP contribution is -2.54. The fourth-order valence-electron chi connectivity index (χ4n) is 6.52. The summed E-state index contributed by atoms with van der Waals surface area (Å²) in [6, 6.07) is 13.5. The van der Waals surface area contributed by atoms with Crippen molar-refractivity contribution in [3.05, 3.63) is 48.0 Å². The zero-order chi connectivity index (χ0) is 29.7. The highest BCUT2D eigenvalue weighted by Crippen LogP contribution is 2.59. The Kier molecular flexibility index (Phi) is 7.18. The number of amides is 2. The maximum absolute atomic E-state index is 13.4. The molecule has 3 fully saturated rings. The summed E-state index contributed by atoms with van der Waals surface area (Å²) in [5.74, 6) is -3.48. The number of imide groups is 1. The zero-order valence-electron chi connectivity index (χ0n) is 22.1. The van der Waals surface area contributed by atoms with Gasteiger partial charge in [-0.2, -0.15) is 13.2 Å². The van der Waals surface area contributed by atoms with Crippen LogP contribution >= 0.6 is 0 Å². The van der Waals surface area contributed by atoms with Crippen LogP contribution in [0.2, 0.25) is 0 Å². The Hall–Kier alpha value is -4.13. The molecule has 0 aromatic heterocycles. The number of likely N-dealkylation sites (tertiary alicyclic amines) is 1. The van der Waals surface area contributed by atoms with Crippen LogP contribution in [0.4, 0.5) is 13.2 Å². The number of rotatable bonds is 4. The van der Waals surface area contributed by atoms with Crippen molar-refractivity contribution in [2.45, 2.75) is 37.5 Å². The number of nitrogens with zero attached hydrogens (tertiary/aromatic N) is 2. The fourth-order valence-corrected chi connectivity index (χ4v) is 6.52. The van der Waals surface area contributed by atoms with Crippen LogP contribution in [0.25, 0.3) is 11.1 Å². The van der Waals surface area contributed by atoms with E-state index in [4.69, 9.17) is 24.1 Å². The highest BCUT2D eigenvalue weighted by molar-refractivity contribution is 6.09. The average Bonchev–Trinajstić information content (AvgIpc) is 3.69. The molecule has 41 heavy (non-hydrogen) atoms. The molecule has 0 spiro atoms. The van der Waals surface area contributed by atoms with E-state index in [1.165, 1.54) is 12.0 Å². The topological polar surface area (TPSA) is 123 Å². The Morgan fingerprint density at radius 1 is 1.05 bits per heavy atom. The Balaban J connectivity index is 0.000000431. The van der Waals surface area contributed by atoms with E-state index in [-0.39, 0.29) is 24.6 Å². The third kappa shape index (κ3) is 4.48. The number of carbonyl (C=O) groups excluding carboxylic acids is 3. The third-order valence-electron chi connectivity index (χ3n) is 8.16. The van der Waals surface area contributed by atoms with Gasteiger partial charge in [-0.25, -0.2) is 4.79 Å². The number of hydrogen-bond donors (Lipinski definition) is 1. The summed E-state index contributed by atoms with van der Waals surface area (Å²) in [6.45, 7) is 2.96. The number of carbonyl (C=O) groups is 4. The monoisotopic (exact) mass is 576 g/mol. The van der Waals surface area contributed by atoms with Gasteiger partial charge >= 0.3 is 18.1 Å². The molecule has 2 amide bonds. The van der Waals surface area contributed by atoms with Crippen LogP contribution in [0.1, 0.15) is 31.4 Å². The van der Waals surface area contributed by atoms with Crippen molar-refractivity contribution in [3.63, 3.8) is 0 Å². The Labute approximate surface area is 232 Å². The van der Waals surface area contributed by atoms with Crippen molar-refractivity contribution in [2.75, 3.05) is 27.0 Å². The normalized spacial score (nSPS) is 26.4. The SMILES string of the molecule is CCN1C(=O)C2C(c3ccc(-c4ccc5c(c4)OCO5)cc3)N3CCC[C@@]3(C(=O)OC)C2C1=O.O=C(O)C(F)(F)F. The van der Waals surface area contributed by atoms with Gasteiger partial charge in [-0.3, -0.25) is 24.2 Å². The van der Waals surface area contributed by atoms with Gasteiger partial charge < -0.3 is 19.3 Å². The number of halogens is 3. The number of ether oxygens (including phenoxy) is 3. The quantitative estimate of drug-likeness (QED) is 0.431. The lowest BCUT2D eigenvalue weighted by atomic mass is 9.77. The van der Waals surface area contributed by atoms with Crippen molar-refractivity contribution < 1.29 is 51.7 Å². The van der Waals surface area contributed by atoms with Crippen LogP contribution in [0, 0.1) is 11.8 Å². The van der Waals surface area contributed by atoms with E-state index in [1.807, 2.05) is 42.5 Å². The molecule has 3 saturated heterocycles. The first kappa shape index (κ1) is 28.4. The summed E-state index contributed by atoms with van der Waals surface area (Å²) >= 11 is 0. The van der Waals surface area contributed by atoms with E-state index >= 15 is 0 Å². The van der Waals surface area contributed by atoms with Crippen molar-refractivity contribution in [3.8, 4) is 22.6 Å². The minimum Gasteiger partial charge on any atom is -0.475 e. The number of alkyl halides is 3. The van der Waals surface area contributed by atoms with Gasteiger partial charge in [0.2, 0.25) is 18.6 Å². The van der Waals surface area contributed by atoms with Gasteiger partial charge in [-0.15, -0.1) is 0 Å². The second-order valence-corrected chi connectivity index (χ2v) is 10.1. The van der Waals surface area contributed by atoms with Crippen LogP contribution < -0.4 is 9.47 Å². The van der Waals surface area contributed by atoms with Gasteiger partial charge in [0.25, 0.3) is 0 Å². The van der Waals surface area contributed by atoms with Crippen LogP contribution in [-0.4, -0.2) is 77.4 Å². The van der Waals surface area contributed by atoms with Crippen LogP contribution in [0.3, 0.4) is 0 Å². The molecule has 6 rings (SSSR count). The average molecular weight is 577 g/mol. The van der Waals surface area contributed by atoms with E-state index in [1.54, 1.807) is 6.92 Å². The lowest BCUT2D eigenvalue weighted by Gasteiger charge is -2.36. The number of fused-ring (bicyclic) bond motifs is 4. The Bertz CT molecular complexity index is 1400. The van der Waals surface area contributed by atoms with Crippen molar-refractivity contribution in [1.82, 2.24) is 9.80 Å². The summed E-state index contributed by atoms with van der Waals surface area (Å²) in [7, 11) is 1.36. The molecule has 0 bridgehead atoms. The maximum atomic E-state index is 13.4. The molecule has 10 nitrogen and oxygen atoms in total. The number of hydrogen-bond acceptors (Lipinski definition) is 8. The van der Waals surface area contributed by atoms with Crippen LogP contribution in [0.5, 0.6) is 11.5 Å². The van der Waals surface area contributed by atoms with E-state index in [0.717, 1.165) is 34.6 Å². The van der Waals surface area contributed by atoms with E-state index < -0.39 is 35.5 Å². The predicted octanol–water partition coefficient (Wildman–Crippen LogP) is 3.40. The molecule has 2 aromatic carbocycles. The molecular weight excluding hydrogens is 549 g/mol. The summed E-state index contributed by atoms with van der Waals surface area (Å²) < 4.78 is 47.9. The Morgan fingerprint density at radius 3 is 2.29 bits per heavy atom. The number of aliphatic carboxylic acids is 1. The number of carboxylic acids is 1. The number of esters is 1. The second kappa shape index (κ2) is 10.4. The van der Waals surface area contributed by atoms with Gasteiger partial charge in [0, 0.05) is 12.6 Å². The second-order valence-electron chi connectivity index (χ2n) is 10.1. The smallest absolute Gasteiger partial charge is 0.475 e. The highest BCUT2D eigenvalue weighted by atomic mass is 19.4. The molecule has 3 unspecified atom stereocenters. The molecular formula is C28H27F3N2O8. The van der Waals surface area contributed by atoms with E-state index in [0.29, 0.717) is 19.5 Å². The number of benzene rings is 2. The minimum atomic E-state index is -5.08. The van der Waals surface area contributed by atoms with Gasteiger partial charge in [-0.1, -0.05) is 30.3 Å². The predicted molar refractivity (Wildman–Crippen MR) is 134 cm³/mol. The molecule has 13 heteroatoms. The molecule has 4 aliphatic rings. The standard InChI is InChI=1S/C26H26N2O6.C2HF3O2/c1-3-27-23(29)20-21(24(27)30)26(25(31)32-2)11-4-12-28(26)22(20)16-7-5-15(6-8-16)17-9-10-18-19(13-17)34-14-33-18;3-2(4,5)1(6)7/h5-10,13,20-22H,3-4,11-12,14H2,1-2H3;(H,6,7)/t20?,21?,22?,26-;/m0./s1. The van der Waals surface area contributed by atoms with E-state index in [2.05, 4.69) is 4.90 Å². The summed E-state index contributed by atoms with van der Waals surface area (Å²) in [6.07, 6.45) is -3.79. The van der Waals surface area contributed by atoms with Crippen LogP contribution in [-0.2, 0) is 23.9 Å². The fraction of sp³-hybridized carbons (Fsp3) is 0.429. The van der Waals surface area contributed by atoms with E-state index in [9.17, 15) is 27.6 Å². The molecule has 4 heterocycles. The first-order valence-electron chi connectivity index (χ1n) is 13.0. The van der Waals surface area contributed by atoms with Crippen molar-refractivity contribution in [2.24, 2.45) is 11.8 Å². The van der Waals surface area contributed by atoms with Gasteiger partial charge in [0.1, 0.15) is 5.54 Å². The van der Waals surface area contributed by atoms with Gasteiger partial charge in [0.05, 0.1) is 18.9 Å². The summed E-state index contributed by atoms with van der Waals surface area (Å²) in [5, 5.41) is 7.12. The van der Waals surface area contributed by atoms with Crippen molar-refractivity contribution in [1.29, 1.82) is 0 Å². The molecule has 0 aliphatic carbocycles. The summed E-state index contributed by atoms with van der Waals surface area (Å²) in [5.41, 5.74) is 1.83. The zero-order valence-corrected chi connectivity index (χ0v) is 22.1. The first-order chi connectivity index (χ1) is 19.4. The number of carboxylic acid groups (broad SMARTS) is 1. The summed E-state index contributed by atoms with van der Waals surface area (Å²) in [4.78, 5) is 52.2.